The quantitative estimate of drug-likeness (QED) is 0.0488. The molecule has 0 aliphatic carbocycles. The normalized spacial score (nSPS) is 22.3. The number of nitrogens with one attached hydrogen (secondary N) is 2. The van der Waals surface area contributed by atoms with Crippen LogP contribution in [0.1, 0.15) is 12.7 Å². The first-order chi connectivity index (χ1) is 21.8. The summed E-state index contributed by atoms with van der Waals surface area (Å²) in [6.07, 6.45) is 4.56. The number of carbonyl (C=O) groups is 3. The van der Waals surface area contributed by atoms with Crippen molar-refractivity contribution in [3.05, 3.63) is 60.3 Å². The standard InChI is InChI=1S/C26H29N8O8PS2/c1-3-11-42-29-18(21-28-26(45-31-21)30-43(39)33-10-12-40-14-17(33)41-4-2)22(35)27-19-23(36)34-20(25(37)38)16(15-44-24(19)34)13-32-8-6-5-7-9-32/h3,5-9,17,19,24H,1,4,10-15H2,2H3,(H-2,27,28,30,31,35,37,38,39)/p+2/t17?,19?,24-/m0/s1. The van der Waals surface area contributed by atoms with Gasteiger partial charge in [0.1, 0.15) is 23.7 Å². The summed E-state index contributed by atoms with van der Waals surface area (Å²) in [6, 6.07) is 4.49. The predicted molar refractivity (Wildman–Crippen MR) is 163 cm³/mol. The predicted octanol–water partition coefficient (Wildman–Crippen LogP) is 0.935. The van der Waals surface area contributed by atoms with Gasteiger partial charge in [-0.1, -0.05) is 23.9 Å². The van der Waals surface area contributed by atoms with Crippen molar-refractivity contribution >= 4 is 60.0 Å². The first-order valence-electron chi connectivity index (χ1n) is 13.8. The summed E-state index contributed by atoms with van der Waals surface area (Å²) in [5.74, 6) is -2.37. The number of carbonyl (C=O) groups excluding carboxylic acids is 2. The number of aliphatic carboxylic acids is 1. The Labute approximate surface area is 267 Å². The van der Waals surface area contributed by atoms with E-state index in [0.717, 1.165) is 11.5 Å². The van der Waals surface area contributed by atoms with Crippen molar-refractivity contribution in [3.63, 3.8) is 0 Å². The Morgan fingerprint density at radius 3 is 2.89 bits per heavy atom. The third-order valence-electron chi connectivity index (χ3n) is 6.73. The molecule has 3 aliphatic heterocycles. The summed E-state index contributed by atoms with van der Waals surface area (Å²) >= 11 is 2.21. The molecule has 0 radical (unpaired) electrons. The molecule has 19 heteroatoms. The third-order valence-corrected chi connectivity index (χ3v) is 10.2. The van der Waals surface area contributed by atoms with Gasteiger partial charge in [-0.3, -0.25) is 14.5 Å². The van der Waals surface area contributed by atoms with Crippen LogP contribution in [0.3, 0.4) is 0 Å². The molecule has 0 aromatic carbocycles. The molecule has 2 aromatic heterocycles. The molecule has 3 N–H and O–H groups in total. The molecule has 2 aromatic rings. The van der Waals surface area contributed by atoms with E-state index in [4.69, 9.17) is 14.3 Å². The summed E-state index contributed by atoms with van der Waals surface area (Å²) in [5, 5.41) is 18.8. The molecule has 2 fully saturated rings. The minimum Gasteiger partial charge on any atom is -0.477 e. The number of carboxylic acids is 1. The number of pyridine rings is 1. The SMILES string of the molecule is C=CCON=C(C(=O)NC1C(=O)N2C(C(=O)O)=C(C[n+]3ccccc3)CS[C@@H]12)c1nsc(N[P+](=O)N2CCOCC2OCC)n1. The van der Waals surface area contributed by atoms with E-state index in [-0.39, 0.29) is 35.6 Å². The van der Waals surface area contributed by atoms with Gasteiger partial charge in [0.15, 0.2) is 25.2 Å². The Bertz CT molecular complexity index is 1520. The van der Waals surface area contributed by atoms with E-state index < -0.39 is 43.5 Å². The number of oxime groups is 1. The van der Waals surface area contributed by atoms with Crippen LogP contribution in [-0.2, 0) is 39.8 Å². The molecular formula is C26H31N8O8PS2+2. The molecule has 3 aliphatic rings. The Hall–Kier alpha value is -3.80. The molecule has 0 saturated carbocycles. The maximum atomic E-state index is 13.4. The number of aromatic nitrogens is 3. The number of nitrogens with zero attached hydrogens (tertiary/aromatic N) is 6. The van der Waals surface area contributed by atoms with Crippen molar-refractivity contribution < 1.29 is 42.9 Å². The molecule has 238 valence electrons. The zero-order chi connectivity index (χ0) is 31.9. The number of amides is 2. The van der Waals surface area contributed by atoms with E-state index >= 15 is 0 Å². The van der Waals surface area contributed by atoms with Crippen LogP contribution in [0, 0.1) is 0 Å². The highest BCUT2D eigenvalue weighted by Crippen LogP contribution is 2.40. The van der Waals surface area contributed by atoms with E-state index in [1.165, 1.54) is 22.7 Å². The third kappa shape index (κ3) is 7.37. The highest BCUT2D eigenvalue weighted by atomic mass is 32.2. The van der Waals surface area contributed by atoms with Crippen LogP contribution in [-0.4, -0.2) is 104 Å². The van der Waals surface area contributed by atoms with E-state index in [1.54, 1.807) is 4.67 Å². The average Bonchev–Trinajstić information content (AvgIpc) is 3.50. The van der Waals surface area contributed by atoms with Gasteiger partial charge >= 0.3 is 14.1 Å². The van der Waals surface area contributed by atoms with Crippen LogP contribution in [0.15, 0.2) is 59.7 Å². The minimum absolute atomic E-state index is 0.0166. The molecule has 2 amide bonds. The second kappa shape index (κ2) is 15.0. The zero-order valence-electron chi connectivity index (χ0n) is 24.1. The van der Waals surface area contributed by atoms with Gasteiger partial charge in [-0.15, -0.1) is 16.8 Å². The van der Waals surface area contributed by atoms with Crippen molar-refractivity contribution in [1.29, 1.82) is 0 Å². The lowest BCUT2D eigenvalue weighted by Crippen LogP contribution is -2.71. The van der Waals surface area contributed by atoms with E-state index in [9.17, 15) is 24.1 Å². The van der Waals surface area contributed by atoms with Crippen molar-refractivity contribution in [2.45, 2.75) is 31.1 Å². The van der Waals surface area contributed by atoms with Crippen LogP contribution < -0.4 is 15.0 Å². The van der Waals surface area contributed by atoms with E-state index in [0.29, 0.717) is 37.6 Å². The number of rotatable bonds is 14. The van der Waals surface area contributed by atoms with Gasteiger partial charge in [0.2, 0.25) is 16.7 Å². The maximum Gasteiger partial charge on any atom is 0.569 e. The number of ether oxygens (including phenoxy) is 2. The number of hydrogen-bond acceptors (Lipinski definition) is 12. The van der Waals surface area contributed by atoms with Gasteiger partial charge in [0.05, 0.1) is 19.8 Å². The molecule has 45 heavy (non-hydrogen) atoms. The van der Waals surface area contributed by atoms with Crippen molar-refractivity contribution in [3.8, 4) is 0 Å². The molecular weight excluding hydrogens is 647 g/mol. The van der Waals surface area contributed by atoms with Crippen molar-refractivity contribution in [2.24, 2.45) is 5.16 Å². The Balaban J connectivity index is 1.29. The molecule has 16 nitrogen and oxygen atoms in total. The second-order valence-corrected chi connectivity index (χ2v) is 12.8. The second-order valence-electron chi connectivity index (χ2n) is 9.65. The van der Waals surface area contributed by atoms with Gasteiger partial charge in [0.25, 0.3) is 11.8 Å². The largest absolute Gasteiger partial charge is 0.569 e. The number of anilines is 1. The maximum absolute atomic E-state index is 13.4. The number of morpholine rings is 1. The number of thioether (sulfide) groups is 1. The first kappa shape index (κ1) is 32.6. The van der Waals surface area contributed by atoms with Gasteiger partial charge in [-0.25, -0.2) is 9.36 Å². The lowest BCUT2D eigenvalue weighted by Gasteiger charge is -2.49. The van der Waals surface area contributed by atoms with Crippen LogP contribution in [0.25, 0.3) is 0 Å². The van der Waals surface area contributed by atoms with E-state index in [1.807, 2.05) is 42.1 Å². The lowest BCUT2D eigenvalue weighted by molar-refractivity contribution is -0.689. The molecule has 2 saturated heterocycles. The van der Waals surface area contributed by atoms with Crippen LogP contribution >= 0.6 is 31.4 Å². The number of fused-ring (bicyclic) bond motifs is 1. The van der Waals surface area contributed by atoms with E-state index in [2.05, 4.69) is 31.5 Å². The number of hydrogen-bond donors (Lipinski definition) is 3. The topological polar surface area (TPSA) is 189 Å². The van der Waals surface area contributed by atoms with Crippen molar-refractivity contribution in [2.75, 3.05) is 43.8 Å². The fourth-order valence-corrected chi connectivity index (χ4v) is 7.86. The van der Waals surface area contributed by atoms with Crippen molar-refractivity contribution in [1.82, 2.24) is 24.2 Å². The van der Waals surface area contributed by atoms with Crippen LogP contribution in [0.4, 0.5) is 5.13 Å². The highest BCUT2D eigenvalue weighted by molar-refractivity contribution is 8.00. The Morgan fingerprint density at radius 1 is 1.36 bits per heavy atom. The van der Waals surface area contributed by atoms with Crippen LogP contribution in [0.2, 0.25) is 0 Å². The summed E-state index contributed by atoms with van der Waals surface area (Å²) in [7, 11) is -2.17. The fraction of sp³-hybridized carbons (Fsp3) is 0.423. The summed E-state index contributed by atoms with van der Waals surface area (Å²) < 4.78 is 31.7. The average molecular weight is 679 g/mol. The van der Waals surface area contributed by atoms with Gasteiger partial charge in [-0.2, -0.15) is 9.36 Å². The summed E-state index contributed by atoms with van der Waals surface area (Å²) in [4.78, 5) is 49.5. The zero-order valence-corrected chi connectivity index (χ0v) is 26.6. The molecule has 4 atom stereocenters. The van der Waals surface area contributed by atoms with Gasteiger partial charge < -0.3 is 24.7 Å². The van der Waals surface area contributed by atoms with Gasteiger partial charge in [0, 0.05) is 41.6 Å². The fourth-order valence-electron chi connectivity index (χ4n) is 4.73. The molecule has 0 spiro atoms. The minimum atomic E-state index is -2.17. The number of carboxylic acid groups (broad SMARTS) is 1. The lowest BCUT2D eigenvalue weighted by atomic mass is 10.0. The monoisotopic (exact) mass is 678 g/mol. The van der Waals surface area contributed by atoms with Crippen LogP contribution in [0.5, 0.6) is 0 Å². The molecule has 3 unspecified atom stereocenters. The Kier molecular flexibility index (Phi) is 10.9. The first-order valence-corrected chi connectivity index (χ1v) is 16.9. The highest BCUT2D eigenvalue weighted by Gasteiger charge is 2.55. The molecule has 5 rings (SSSR count). The smallest absolute Gasteiger partial charge is 0.477 e. The molecule has 5 heterocycles. The summed E-state index contributed by atoms with van der Waals surface area (Å²) in [6.45, 7) is 7.12. The number of β-lactam (4-membered cyclic amide) rings is 1. The Morgan fingerprint density at radius 2 is 2.16 bits per heavy atom. The molecule has 0 bridgehead atoms. The summed E-state index contributed by atoms with van der Waals surface area (Å²) in [5.41, 5.74) is 0.164. The van der Waals surface area contributed by atoms with Gasteiger partial charge in [-0.05, 0) is 16.2 Å².